The Morgan fingerprint density at radius 1 is 0.939 bits per heavy atom. The minimum atomic E-state index is -3.46. The number of rotatable bonds is 7. The number of sulfonamides is 1. The molecule has 0 bridgehead atoms. The van der Waals surface area contributed by atoms with E-state index in [0.29, 0.717) is 10.1 Å². The van der Waals surface area contributed by atoms with E-state index in [1.807, 2.05) is 42.5 Å². The van der Waals surface area contributed by atoms with Gasteiger partial charge >= 0.3 is 0 Å². The summed E-state index contributed by atoms with van der Waals surface area (Å²) in [7, 11) is -3.46. The fourth-order valence-electron chi connectivity index (χ4n) is 4.01. The first-order valence-electron chi connectivity index (χ1n) is 11.0. The minimum absolute atomic E-state index is 0.0314. The van der Waals surface area contributed by atoms with Crippen LogP contribution in [-0.4, -0.2) is 37.4 Å². The third-order valence-corrected chi connectivity index (χ3v) is 8.22. The second-order valence-corrected chi connectivity index (χ2v) is 10.9. The number of para-hydroxylation sites is 1. The molecule has 170 valence electrons. The molecule has 1 aliphatic heterocycles. The molecule has 1 fully saturated rings. The standard InChI is InChI=1S/C25H25N3O3S2/c29-33(30,22-6-2-1-3-7-22)27-20-14-16-28(17-15-20)18-19-10-12-21(13-11-19)31-25-26-23-8-4-5-9-24(23)32-25/h1-13,20,27H,14-18H2. The quantitative estimate of drug-likeness (QED) is 0.402. The Labute approximate surface area is 197 Å². The molecule has 0 unspecified atom stereocenters. The Morgan fingerprint density at radius 3 is 2.36 bits per heavy atom. The van der Waals surface area contributed by atoms with Gasteiger partial charge in [0.15, 0.2) is 0 Å². The maximum Gasteiger partial charge on any atom is 0.279 e. The fraction of sp³-hybridized carbons (Fsp3) is 0.240. The third kappa shape index (κ3) is 5.42. The summed E-state index contributed by atoms with van der Waals surface area (Å²) in [5.74, 6) is 0.770. The van der Waals surface area contributed by atoms with Crippen LogP contribution in [0, 0.1) is 0 Å². The molecule has 4 aromatic rings. The van der Waals surface area contributed by atoms with Crippen molar-refractivity contribution in [3.63, 3.8) is 0 Å². The Hall–Kier alpha value is -2.78. The van der Waals surface area contributed by atoms with Crippen molar-refractivity contribution in [1.82, 2.24) is 14.6 Å². The van der Waals surface area contributed by atoms with Crippen LogP contribution in [0.4, 0.5) is 0 Å². The number of aromatic nitrogens is 1. The molecule has 6 nitrogen and oxygen atoms in total. The van der Waals surface area contributed by atoms with Crippen LogP contribution in [0.15, 0.2) is 83.8 Å². The number of benzene rings is 3. The van der Waals surface area contributed by atoms with Gasteiger partial charge in [0, 0.05) is 25.7 Å². The first-order chi connectivity index (χ1) is 16.0. The Kier molecular flexibility index (Phi) is 6.41. The van der Waals surface area contributed by atoms with E-state index in [-0.39, 0.29) is 6.04 Å². The van der Waals surface area contributed by atoms with Crippen LogP contribution in [-0.2, 0) is 16.6 Å². The third-order valence-electron chi connectivity index (χ3n) is 5.77. The highest BCUT2D eigenvalue weighted by molar-refractivity contribution is 7.89. The maximum absolute atomic E-state index is 12.5. The van der Waals surface area contributed by atoms with Gasteiger partial charge in [-0.2, -0.15) is 0 Å². The molecule has 0 atom stereocenters. The zero-order chi connectivity index (χ0) is 22.7. The van der Waals surface area contributed by atoms with E-state index in [1.54, 1.807) is 24.3 Å². The summed E-state index contributed by atoms with van der Waals surface area (Å²) in [6.07, 6.45) is 1.59. The van der Waals surface area contributed by atoms with E-state index in [0.717, 1.165) is 48.4 Å². The van der Waals surface area contributed by atoms with Gasteiger partial charge < -0.3 is 4.74 Å². The Balaban J connectivity index is 1.13. The van der Waals surface area contributed by atoms with Crippen molar-refractivity contribution in [1.29, 1.82) is 0 Å². The van der Waals surface area contributed by atoms with Crippen LogP contribution in [0.2, 0.25) is 0 Å². The SMILES string of the molecule is O=S(=O)(NC1CCN(Cc2ccc(Oc3nc4ccccc4s3)cc2)CC1)c1ccccc1. The molecule has 1 aromatic heterocycles. The number of nitrogens with one attached hydrogen (secondary N) is 1. The summed E-state index contributed by atoms with van der Waals surface area (Å²) in [5.41, 5.74) is 2.15. The largest absolute Gasteiger partial charge is 0.431 e. The average molecular weight is 480 g/mol. The van der Waals surface area contributed by atoms with Crippen LogP contribution in [0.25, 0.3) is 10.2 Å². The summed E-state index contributed by atoms with van der Waals surface area (Å²) >= 11 is 1.54. The van der Waals surface area contributed by atoms with E-state index in [4.69, 9.17) is 4.74 Å². The van der Waals surface area contributed by atoms with Crippen LogP contribution >= 0.6 is 11.3 Å². The van der Waals surface area contributed by atoms with Crippen molar-refractivity contribution in [2.75, 3.05) is 13.1 Å². The summed E-state index contributed by atoms with van der Waals surface area (Å²) in [4.78, 5) is 7.19. The smallest absolute Gasteiger partial charge is 0.279 e. The van der Waals surface area contributed by atoms with Crippen molar-refractivity contribution < 1.29 is 13.2 Å². The number of likely N-dealkylation sites (tertiary alicyclic amines) is 1. The number of ether oxygens (including phenoxy) is 1. The van der Waals surface area contributed by atoms with E-state index < -0.39 is 10.0 Å². The lowest BCUT2D eigenvalue weighted by molar-refractivity contribution is 0.200. The van der Waals surface area contributed by atoms with Gasteiger partial charge in [0.25, 0.3) is 5.19 Å². The predicted octanol–water partition coefficient (Wildman–Crippen LogP) is 5.03. The first kappa shape index (κ1) is 22.0. The second-order valence-electron chi connectivity index (χ2n) is 8.18. The van der Waals surface area contributed by atoms with Gasteiger partial charge in [-0.25, -0.2) is 18.1 Å². The summed E-state index contributed by atoms with van der Waals surface area (Å²) < 4.78 is 35.0. The van der Waals surface area contributed by atoms with Gasteiger partial charge in [-0.05, 0) is 54.8 Å². The summed E-state index contributed by atoms with van der Waals surface area (Å²) in [5, 5.41) is 0.643. The molecule has 8 heteroatoms. The van der Waals surface area contributed by atoms with Crippen molar-refractivity contribution in [3.05, 3.63) is 84.4 Å². The number of thiazole rings is 1. The maximum atomic E-state index is 12.5. The van der Waals surface area contributed by atoms with Crippen molar-refractivity contribution in [2.45, 2.75) is 30.3 Å². The molecule has 3 aromatic carbocycles. The molecule has 33 heavy (non-hydrogen) atoms. The van der Waals surface area contributed by atoms with Crippen LogP contribution in [0.5, 0.6) is 10.9 Å². The van der Waals surface area contributed by atoms with Gasteiger partial charge in [-0.1, -0.05) is 53.8 Å². The number of hydrogen-bond donors (Lipinski definition) is 1. The zero-order valence-electron chi connectivity index (χ0n) is 18.1. The molecule has 0 spiro atoms. The molecule has 0 saturated carbocycles. The molecule has 1 aliphatic rings. The van der Waals surface area contributed by atoms with Crippen molar-refractivity contribution >= 4 is 31.6 Å². The normalized spacial score (nSPS) is 15.6. The summed E-state index contributed by atoms with van der Waals surface area (Å²) in [6, 6.07) is 24.6. The highest BCUT2D eigenvalue weighted by Crippen LogP contribution is 2.31. The molecule has 1 N–H and O–H groups in total. The second kappa shape index (κ2) is 9.61. The fourth-order valence-corrected chi connectivity index (χ4v) is 6.17. The molecular weight excluding hydrogens is 454 g/mol. The predicted molar refractivity (Wildman–Crippen MR) is 131 cm³/mol. The Bertz CT molecular complexity index is 1280. The lowest BCUT2D eigenvalue weighted by Crippen LogP contribution is -2.44. The van der Waals surface area contributed by atoms with Gasteiger partial charge in [0.05, 0.1) is 15.1 Å². The Morgan fingerprint density at radius 2 is 1.64 bits per heavy atom. The van der Waals surface area contributed by atoms with Crippen LogP contribution < -0.4 is 9.46 Å². The topological polar surface area (TPSA) is 71.5 Å². The monoisotopic (exact) mass is 479 g/mol. The number of hydrogen-bond acceptors (Lipinski definition) is 6. The van der Waals surface area contributed by atoms with E-state index in [2.05, 4.69) is 26.7 Å². The molecule has 1 saturated heterocycles. The van der Waals surface area contributed by atoms with Gasteiger partial charge in [-0.3, -0.25) is 4.90 Å². The lowest BCUT2D eigenvalue weighted by Gasteiger charge is -2.32. The molecule has 5 rings (SSSR count). The molecule has 2 heterocycles. The average Bonchev–Trinajstić information content (AvgIpc) is 3.24. The minimum Gasteiger partial charge on any atom is -0.431 e. The van der Waals surface area contributed by atoms with E-state index in [9.17, 15) is 8.42 Å². The number of nitrogens with zero attached hydrogens (tertiary/aromatic N) is 2. The van der Waals surface area contributed by atoms with Gasteiger partial charge in [-0.15, -0.1) is 0 Å². The van der Waals surface area contributed by atoms with Crippen LogP contribution in [0.3, 0.4) is 0 Å². The first-order valence-corrected chi connectivity index (χ1v) is 13.3. The van der Waals surface area contributed by atoms with E-state index >= 15 is 0 Å². The number of piperidine rings is 1. The molecule has 0 amide bonds. The van der Waals surface area contributed by atoms with Crippen LogP contribution in [0.1, 0.15) is 18.4 Å². The van der Waals surface area contributed by atoms with E-state index in [1.165, 1.54) is 16.9 Å². The zero-order valence-corrected chi connectivity index (χ0v) is 19.7. The molecular formula is C25H25N3O3S2. The van der Waals surface area contributed by atoms with Crippen molar-refractivity contribution in [2.24, 2.45) is 0 Å². The van der Waals surface area contributed by atoms with Gasteiger partial charge in [0.2, 0.25) is 10.0 Å². The van der Waals surface area contributed by atoms with Crippen molar-refractivity contribution in [3.8, 4) is 10.9 Å². The lowest BCUT2D eigenvalue weighted by atomic mass is 10.1. The highest BCUT2D eigenvalue weighted by atomic mass is 32.2. The van der Waals surface area contributed by atoms with Gasteiger partial charge in [0.1, 0.15) is 5.75 Å². The molecule has 0 aliphatic carbocycles. The highest BCUT2D eigenvalue weighted by Gasteiger charge is 2.24. The number of fused-ring (bicyclic) bond motifs is 1. The summed E-state index contributed by atoms with van der Waals surface area (Å²) in [6.45, 7) is 2.54. The molecule has 0 radical (unpaired) electrons.